The van der Waals surface area contributed by atoms with Crippen LogP contribution < -0.4 is 5.32 Å². The molecule has 0 spiro atoms. The van der Waals surface area contributed by atoms with Crippen molar-refractivity contribution in [3.63, 3.8) is 0 Å². The highest BCUT2D eigenvalue weighted by molar-refractivity contribution is 5.36. The Hall–Kier alpha value is -0.890. The second kappa shape index (κ2) is 5.83. The van der Waals surface area contributed by atoms with Crippen LogP contribution in [0.4, 0.5) is 0 Å². The van der Waals surface area contributed by atoms with Crippen LogP contribution in [0, 0.1) is 5.92 Å². The summed E-state index contributed by atoms with van der Waals surface area (Å²) in [6.45, 7) is 11.3. The Morgan fingerprint density at radius 3 is 2.72 bits per heavy atom. The standard InChI is InChI=1S/C16H26N2/c1-11(2)13-6-5-8-17-10-15-16(13)14(12(3)4)7-9-18-15/h7,9,11-13,17H,5-6,8,10H2,1-4H3. The summed E-state index contributed by atoms with van der Waals surface area (Å²) in [5, 5.41) is 3.51. The Morgan fingerprint density at radius 2 is 2.06 bits per heavy atom. The molecule has 1 aliphatic heterocycles. The van der Waals surface area contributed by atoms with Crippen molar-refractivity contribution in [1.82, 2.24) is 10.3 Å². The lowest BCUT2D eigenvalue weighted by Crippen LogP contribution is -2.24. The highest BCUT2D eigenvalue weighted by Crippen LogP contribution is 2.36. The molecule has 0 radical (unpaired) electrons. The lowest BCUT2D eigenvalue weighted by molar-refractivity contribution is 0.424. The van der Waals surface area contributed by atoms with E-state index in [-0.39, 0.29) is 0 Å². The molecule has 100 valence electrons. The van der Waals surface area contributed by atoms with Gasteiger partial charge in [0.15, 0.2) is 0 Å². The second-order valence-electron chi connectivity index (χ2n) is 6.08. The zero-order valence-corrected chi connectivity index (χ0v) is 12.2. The summed E-state index contributed by atoms with van der Waals surface area (Å²) in [5.41, 5.74) is 4.32. The maximum Gasteiger partial charge on any atom is 0.0579 e. The van der Waals surface area contributed by atoms with Gasteiger partial charge in [0, 0.05) is 12.7 Å². The molecular weight excluding hydrogens is 220 g/mol. The van der Waals surface area contributed by atoms with Crippen LogP contribution in [-0.2, 0) is 6.54 Å². The molecule has 0 amide bonds. The van der Waals surface area contributed by atoms with Gasteiger partial charge in [-0.3, -0.25) is 4.98 Å². The number of nitrogens with zero attached hydrogens (tertiary/aromatic N) is 1. The van der Waals surface area contributed by atoms with E-state index in [1.165, 1.54) is 29.7 Å². The van der Waals surface area contributed by atoms with E-state index in [0.29, 0.717) is 17.8 Å². The predicted octanol–water partition coefficient (Wildman–Crippen LogP) is 3.83. The predicted molar refractivity (Wildman–Crippen MR) is 76.8 cm³/mol. The van der Waals surface area contributed by atoms with Crippen LogP contribution in [0.1, 0.15) is 69.2 Å². The van der Waals surface area contributed by atoms with Crippen LogP contribution in [0.3, 0.4) is 0 Å². The van der Waals surface area contributed by atoms with Crippen LogP contribution in [0.15, 0.2) is 12.3 Å². The molecule has 1 atom stereocenters. The van der Waals surface area contributed by atoms with E-state index in [1.54, 1.807) is 0 Å². The summed E-state index contributed by atoms with van der Waals surface area (Å²) >= 11 is 0. The highest BCUT2D eigenvalue weighted by Gasteiger charge is 2.24. The Labute approximate surface area is 111 Å². The molecule has 0 bridgehead atoms. The fraction of sp³-hybridized carbons (Fsp3) is 0.688. The van der Waals surface area contributed by atoms with Gasteiger partial charge in [0.05, 0.1) is 5.69 Å². The van der Waals surface area contributed by atoms with Crippen molar-refractivity contribution in [2.24, 2.45) is 5.92 Å². The average molecular weight is 246 g/mol. The van der Waals surface area contributed by atoms with E-state index in [2.05, 4.69) is 44.1 Å². The van der Waals surface area contributed by atoms with Crippen LogP contribution in [0.2, 0.25) is 0 Å². The Kier molecular flexibility index (Phi) is 4.39. The minimum Gasteiger partial charge on any atom is -0.311 e. The van der Waals surface area contributed by atoms with Crippen molar-refractivity contribution >= 4 is 0 Å². The van der Waals surface area contributed by atoms with Gasteiger partial charge in [-0.25, -0.2) is 0 Å². The molecule has 1 unspecified atom stereocenters. The van der Waals surface area contributed by atoms with Crippen LogP contribution in [-0.4, -0.2) is 11.5 Å². The lowest BCUT2D eigenvalue weighted by Gasteiger charge is -2.29. The molecule has 1 aliphatic rings. The molecule has 0 aliphatic carbocycles. The molecular formula is C16H26N2. The van der Waals surface area contributed by atoms with Crippen molar-refractivity contribution in [1.29, 1.82) is 0 Å². The molecule has 0 saturated carbocycles. The molecule has 2 heteroatoms. The highest BCUT2D eigenvalue weighted by atomic mass is 14.9. The average Bonchev–Trinajstić information content (AvgIpc) is 2.28. The van der Waals surface area contributed by atoms with Crippen molar-refractivity contribution in [3.05, 3.63) is 29.1 Å². The summed E-state index contributed by atoms with van der Waals surface area (Å²) < 4.78 is 0. The number of fused-ring (bicyclic) bond motifs is 1. The zero-order chi connectivity index (χ0) is 13.1. The van der Waals surface area contributed by atoms with Crippen molar-refractivity contribution in [3.8, 4) is 0 Å². The van der Waals surface area contributed by atoms with Crippen LogP contribution in [0.5, 0.6) is 0 Å². The summed E-state index contributed by atoms with van der Waals surface area (Å²) in [6.07, 6.45) is 4.53. The number of aromatic nitrogens is 1. The van der Waals surface area contributed by atoms with Gasteiger partial charge in [-0.2, -0.15) is 0 Å². The van der Waals surface area contributed by atoms with Crippen molar-refractivity contribution in [2.75, 3.05) is 6.54 Å². The van der Waals surface area contributed by atoms with Gasteiger partial charge in [0.2, 0.25) is 0 Å². The van der Waals surface area contributed by atoms with Gasteiger partial charge in [0.1, 0.15) is 0 Å². The lowest BCUT2D eigenvalue weighted by atomic mass is 9.79. The third-order valence-corrected chi connectivity index (χ3v) is 4.07. The van der Waals surface area contributed by atoms with Crippen LogP contribution >= 0.6 is 0 Å². The molecule has 2 nitrogen and oxygen atoms in total. The normalized spacial score (nSPS) is 20.7. The van der Waals surface area contributed by atoms with E-state index >= 15 is 0 Å². The largest absolute Gasteiger partial charge is 0.311 e. The minimum absolute atomic E-state index is 0.586. The topological polar surface area (TPSA) is 24.9 Å². The summed E-state index contributed by atoms with van der Waals surface area (Å²) in [4.78, 5) is 4.63. The molecule has 0 fully saturated rings. The first-order valence-corrected chi connectivity index (χ1v) is 7.29. The van der Waals surface area contributed by atoms with E-state index in [1.807, 2.05) is 6.20 Å². The number of hydrogen-bond donors (Lipinski definition) is 1. The van der Waals surface area contributed by atoms with Gasteiger partial charge < -0.3 is 5.32 Å². The number of rotatable bonds is 2. The van der Waals surface area contributed by atoms with E-state index < -0.39 is 0 Å². The van der Waals surface area contributed by atoms with E-state index in [0.717, 1.165) is 13.1 Å². The van der Waals surface area contributed by atoms with Gasteiger partial charge in [-0.1, -0.05) is 27.7 Å². The Bertz CT molecular complexity index is 396. The van der Waals surface area contributed by atoms with E-state index in [9.17, 15) is 0 Å². The van der Waals surface area contributed by atoms with Gasteiger partial charge in [-0.05, 0) is 54.3 Å². The third-order valence-electron chi connectivity index (χ3n) is 4.07. The SMILES string of the molecule is CC(C)c1ccnc2c1C(C(C)C)CCCNC2. The van der Waals surface area contributed by atoms with Gasteiger partial charge in [0.25, 0.3) is 0 Å². The number of pyridine rings is 1. The maximum atomic E-state index is 4.63. The van der Waals surface area contributed by atoms with E-state index in [4.69, 9.17) is 0 Å². The number of hydrogen-bond acceptors (Lipinski definition) is 2. The molecule has 2 heterocycles. The summed E-state index contributed by atoms with van der Waals surface area (Å²) in [5.74, 6) is 1.96. The fourth-order valence-electron chi connectivity index (χ4n) is 3.07. The van der Waals surface area contributed by atoms with Crippen molar-refractivity contribution in [2.45, 2.75) is 58.9 Å². The Morgan fingerprint density at radius 1 is 1.28 bits per heavy atom. The monoisotopic (exact) mass is 246 g/mol. The number of nitrogens with one attached hydrogen (secondary N) is 1. The molecule has 1 aromatic rings. The molecule has 0 aromatic carbocycles. The third kappa shape index (κ3) is 2.74. The molecule has 1 N–H and O–H groups in total. The fourth-order valence-corrected chi connectivity index (χ4v) is 3.07. The minimum atomic E-state index is 0.586. The molecule has 1 aromatic heterocycles. The molecule has 2 rings (SSSR count). The summed E-state index contributed by atoms with van der Waals surface area (Å²) in [6, 6.07) is 2.22. The maximum absolute atomic E-state index is 4.63. The first kappa shape index (κ1) is 13.5. The van der Waals surface area contributed by atoms with Gasteiger partial charge >= 0.3 is 0 Å². The smallest absolute Gasteiger partial charge is 0.0579 e. The first-order valence-electron chi connectivity index (χ1n) is 7.29. The van der Waals surface area contributed by atoms with Crippen molar-refractivity contribution < 1.29 is 0 Å². The second-order valence-corrected chi connectivity index (χ2v) is 6.08. The quantitative estimate of drug-likeness (QED) is 0.858. The first-order chi connectivity index (χ1) is 8.61. The summed E-state index contributed by atoms with van der Waals surface area (Å²) in [7, 11) is 0. The van der Waals surface area contributed by atoms with Gasteiger partial charge in [-0.15, -0.1) is 0 Å². The molecule has 0 saturated heterocycles. The zero-order valence-electron chi connectivity index (χ0n) is 12.2. The van der Waals surface area contributed by atoms with Crippen LogP contribution in [0.25, 0.3) is 0 Å². The Balaban J connectivity index is 2.51. The molecule has 18 heavy (non-hydrogen) atoms.